The minimum atomic E-state index is -2.37. The van der Waals surface area contributed by atoms with Gasteiger partial charge in [-0.2, -0.15) is 0 Å². The van der Waals surface area contributed by atoms with E-state index in [0.717, 1.165) is 33.1 Å². The average Bonchev–Trinajstić information content (AvgIpc) is 3.44. The van der Waals surface area contributed by atoms with E-state index >= 15 is 0 Å². The fourth-order valence-corrected chi connectivity index (χ4v) is 6.26. The van der Waals surface area contributed by atoms with Gasteiger partial charge in [-0.1, -0.05) is 115 Å². The third kappa shape index (κ3) is 3.40. The minimum Gasteiger partial charge on any atom is -0.297 e. The van der Waals surface area contributed by atoms with Gasteiger partial charge >= 0.3 is 0 Å². The van der Waals surface area contributed by atoms with Crippen LogP contribution in [0.3, 0.4) is 0 Å². The molecule has 0 atom stereocenters. The quantitative estimate of drug-likeness (QED) is 0.215. The van der Waals surface area contributed by atoms with Crippen molar-refractivity contribution in [3.63, 3.8) is 0 Å². The summed E-state index contributed by atoms with van der Waals surface area (Å²) in [7, 11) is 0. The highest BCUT2D eigenvalue weighted by Crippen LogP contribution is 2.45. The molecule has 1 heterocycles. The Labute approximate surface area is 237 Å². The Morgan fingerprint density at radius 2 is 1.15 bits per heavy atom. The number of hydrogen-bond donors (Lipinski definition) is 0. The van der Waals surface area contributed by atoms with Gasteiger partial charge in [-0.25, -0.2) is 4.98 Å². The van der Waals surface area contributed by atoms with E-state index in [0.29, 0.717) is 5.52 Å². The molecule has 40 heavy (non-hydrogen) atoms. The maximum atomic E-state index is 8.24. The summed E-state index contributed by atoms with van der Waals surface area (Å²) in [5.74, 6) is 0.0619. The summed E-state index contributed by atoms with van der Waals surface area (Å²) < 4.78 is 26.5. The SMILES string of the molecule is [2H]C([2H])([2H])c1nc2ccccc2n1-c1cccc(-c2c3ccccc3c(-c3cccc4ccccc34)c3ccccc23)c1. The van der Waals surface area contributed by atoms with E-state index in [1.165, 1.54) is 32.7 Å². The van der Waals surface area contributed by atoms with Crippen LogP contribution in [0.2, 0.25) is 0 Å². The second kappa shape index (κ2) is 8.93. The van der Waals surface area contributed by atoms with Crippen LogP contribution in [0.4, 0.5) is 0 Å². The molecule has 0 bridgehead atoms. The van der Waals surface area contributed by atoms with Gasteiger partial charge in [0, 0.05) is 9.80 Å². The number of fused-ring (bicyclic) bond motifs is 4. The Balaban J connectivity index is 1.45. The van der Waals surface area contributed by atoms with Crippen molar-refractivity contribution in [2.24, 2.45) is 0 Å². The lowest BCUT2D eigenvalue weighted by molar-refractivity contribution is 1.00. The Morgan fingerprint density at radius 1 is 0.550 bits per heavy atom. The molecule has 8 rings (SSSR count). The fraction of sp³-hybridized carbons (Fsp3) is 0.0263. The highest BCUT2D eigenvalue weighted by molar-refractivity contribution is 6.23. The van der Waals surface area contributed by atoms with Crippen molar-refractivity contribution in [2.75, 3.05) is 0 Å². The average molecular weight is 514 g/mol. The van der Waals surface area contributed by atoms with Gasteiger partial charge in [0.1, 0.15) is 5.82 Å². The highest BCUT2D eigenvalue weighted by Gasteiger charge is 2.18. The summed E-state index contributed by atoms with van der Waals surface area (Å²) in [6.07, 6.45) is 0. The Hall–Kier alpha value is -5.21. The highest BCUT2D eigenvalue weighted by atomic mass is 15.1. The van der Waals surface area contributed by atoms with Crippen LogP contribution in [-0.2, 0) is 0 Å². The predicted molar refractivity (Wildman–Crippen MR) is 169 cm³/mol. The van der Waals surface area contributed by atoms with Crippen LogP contribution in [0.15, 0.2) is 140 Å². The number of para-hydroxylation sites is 2. The molecule has 0 fully saturated rings. The molecule has 0 radical (unpaired) electrons. The largest absolute Gasteiger partial charge is 0.297 e. The summed E-state index contributed by atoms with van der Waals surface area (Å²) in [6, 6.07) is 48.0. The van der Waals surface area contributed by atoms with Crippen LogP contribution >= 0.6 is 0 Å². The van der Waals surface area contributed by atoms with Crippen LogP contribution in [0.1, 0.15) is 9.94 Å². The van der Waals surface area contributed by atoms with Crippen molar-refractivity contribution >= 4 is 43.4 Å². The van der Waals surface area contributed by atoms with Crippen LogP contribution in [0.25, 0.3) is 71.3 Å². The van der Waals surface area contributed by atoms with Crippen LogP contribution in [-0.4, -0.2) is 9.55 Å². The number of rotatable bonds is 3. The Morgan fingerprint density at radius 3 is 1.90 bits per heavy atom. The smallest absolute Gasteiger partial charge is 0.111 e. The summed E-state index contributed by atoms with van der Waals surface area (Å²) >= 11 is 0. The molecule has 0 aliphatic carbocycles. The standard InChI is InChI=1S/C38H26N2/c1-25-39-35-22-8-9-23-36(35)40(25)28-15-10-14-27(24-28)37-31-17-4-6-19-33(31)38(34-20-7-5-18-32(34)37)30-21-11-13-26-12-2-3-16-29(26)30/h2-24H,1H3/i1D3. The van der Waals surface area contributed by atoms with Crippen molar-refractivity contribution in [1.82, 2.24) is 9.55 Å². The first-order valence-corrected chi connectivity index (χ1v) is 13.5. The second-order valence-electron chi connectivity index (χ2n) is 10.2. The molecule has 7 aromatic carbocycles. The Kier molecular flexibility index (Phi) is 4.42. The molecule has 0 saturated carbocycles. The fourth-order valence-electron chi connectivity index (χ4n) is 6.26. The molecule has 0 amide bonds. The van der Waals surface area contributed by atoms with E-state index in [1.54, 1.807) is 4.57 Å². The van der Waals surface area contributed by atoms with E-state index < -0.39 is 6.85 Å². The summed E-state index contributed by atoms with van der Waals surface area (Å²) in [4.78, 5) is 4.53. The van der Waals surface area contributed by atoms with Crippen LogP contribution in [0, 0.1) is 6.85 Å². The van der Waals surface area contributed by atoms with Gasteiger partial charge < -0.3 is 0 Å². The normalized spacial score (nSPS) is 13.1. The van der Waals surface area contributed by atoms with E-state index in [2.05, 4.69) is 108 Å². The van der Waals surface area contributed by atoms with Gasteiger partial charge in [-0.15, -0.1) is 0 Å². The number of aryl methyl sites for hydroxylation is 1. The monoisotopic (exact) mass is 513 g/mol. The van der Waals surface area contributed by atoms with Crippen LogP contribution in [0.5, 0.6) is 0 Å². The zero-order valence-electron chi connectivity index (χ0n) is 24.7. The molecule has 0 saturated heterocycles. The molecule has 188 valence electrons. The Bertz CT molecular complexity index is 2290. The van der Waals surface area contributed by atoms with E-state index in [1.807, 2.05) is 36.4 Å². The van der Waals surface area contributed by atoms with E-state index in [-0.39, 0.29) is 5.82 Å². The van der Waals surface area contributed by atoms with Crippen molar-refractivity contribution in [2.45, 2.75) is 6.85 Å². The molecule has 0 unspecified atom stereocenters. The summed E-state index contributed by atoms with van der Waals surface area (Å²) in [5, 5.41) is 7.07. The van der Waals surface area contributed by atoms with Crippen molar-refractivity contribution in [3.05, 3.63) is 145 Å². The maximum Gasteiger partial charge on any atom is 0.111 e. The van der Waals surface area contributed by atoms with Crippen molar-refractivity contribution in [1.29, 1.82) is 0 Å². The van der Waals surface area contributed by atoms with Gasteiger partial charge in [-0.3, -0.25) is 4.57 Å². The molecule has 0 N–H and O–H groups in total. The summed E-state index contributed by atoms with van der Waals surface area (Å²) in [6.45, 7) is -2.37. The maximum absolute atomic E-state index is 8.24. The van der Waals surface area contributed by atoms with E-state index in [9.17, 15) is 0 Å². The van der Waals surface area contributed by atoms with Crippen molar-refractivity contribution < 1.29 is 4.11 Å². The molecule has 1 aromatic heterocycles. The number of hydrogen-bond acceptors (Lipinski definition) is 1. The third-order valence-electron chi connectivity index (χ3n) is 7.94. The molecular weight excluding hydrogens is 484 g/mol. The molecule has 0 aliphatic heterocycles. The first kappa shape index (κ1) is 19.8. The second-order valence-corrected chi connectivity index (χ2v) is 10.2. The van der Waals surface area contributed by atoms with Gasteiger partial charge in [-0.05, 0) is 85.7 Å². The predicted octanol–water partition coefficient (Wildman–Crippen LogP) is 10.1. The van der Waals surface area contributed by atoms with Gasteiger partial charge in [0.15, 0.2) is 0 Å². The molecule has 2 heteroatoms. The lowest BCUT2D eigenvalue weighted by atomic mass is 9.84. The van der Waals surface area contributed by atoms with Gasteiger partial charge in [0.25, 0.3) is 0 Å². The third-order valence-corrected chi connectivity index (χ3v) is 7.94. The summed E-state index contributed by atoms with van der Waals surface area (Å²) in [5.41, 5.74) is 6.76. The number of benzene rings is 7. The minimum absolute atomic E-state index is 0.0619. The molecule has 0 aliphatic rings. The van der Waals surface area contributed by atoms with Gasteiger partial charge in [0.2, 0.25) is 0 Å². The van der Waals surface area contributed by atoms with E-state index in [4.69, 9.17) is 4.11 Å². The lowest BCUT2D eigenvalue weighted by Gasteiger charge is -2.19. The van der Waals surface area contributed by atoms with Crippen molar-refractivity contribution in [3.8, 4) is 27.9 Å². The molecular formula is C38H26N2. The molecule has 0 spiro atoms. The molecule has 2 nitrogen and oxygen atoms in total. The number of aromatic nitrogens is 2. The van der Waals surface area contributed by atoms with Gasteiger partial charge in [0.05, 0.1) is 11.0 Å². The number of nitrogens with zero attached hydrogens (tertiary/aromatic N) is 2. The first-order chi connectivity index (χ1) is 21.0. The topological polar surface area (TPSA) is 17.8 Å². The molecule has 8 aromatic rings. The zero-order valence-corrected chi connectivity index (χ0v) is 21.7. The zero-order chi connectivity index (χ0) is 29.1. The number of imidazole rings is 1. The van der Waals surface area contributed by atoms with Crippen LogP contribution < -0.4 is 0 Å². The lowest BCUT2D eigenvalue weighted by Crippen LogP contribution is -1.97. The first-order valence-electron chi connectivity index (χ1n) is 15.0.